The summed E-state index contributed by atoms with van der Waals surface area (Å²) in [4.78, 5) is 0. The lowest BCUT2D eigenvalue weighted by Gasteiger charge is -2.17. The zero-order valence-corrected chi connectivity index (χ0v) is 50.9. The van der Waals surface area contributed by atoms with Crippen molar-refractivity contribution in [2.24, 2.45) is 0 Å². The van der Waals surface area contributed by atoms with Gasteiger partial charge in [-0.05, 0) is 197 Å². The molecule has 0 unspecified atom stereocenters. The number of thiophene rings is 1. The van der Waals surface area contributed by atoms with Crippen molar-refractivity contribution >= 4 is 118 Å². The molecule has 92 heavy (non-hydrogen) atoms. The van der Waals surface area contributed by atoms with Crippen LogP contribution in [0.25, 0.3) is 190 Å². The monoisotopic (exact) mass is 1180 g/mol. The molecule has 0 amide bonds. The molecular formula is C90H55NS. The molecule has 0 aliphatic rings. The van der Waals surface area contributed by atoms with E-state index in [-0.39, 0.29) is 0 Å². The molecule has 0 saturated carbocycles. The van der Waals surface area contributed by atoms with Gasteiger partial charge in [0.05, 0.1) is 11.0 Å². The van der Waals surface area contributed by atoms with Crippen LogP contribution in [0.5, 0.6) is 0 Å². The van der Waals surface area contributed by atoms with E-state index < -0.39 is 0 Å². The van der Waals surface area contributed by atoms with Gasteiger partial charge in [0.15, 0.2) is 0 Å². The van der Waals surface area contributed by atoms with Gasteiger partial charge in [0.25, 0.3) is 0 Å². The first-order chi connectivity index (χ1) is 45.6. The first-order valence-corrected chi connectivity index (χ1v) is 32.6. The van der Waals surface area contributed by atoms with Crippen LogP contribution < -0.4 is 0 Å². The van der Waals surface area contributed by atoms with E-state index in [4.69, 9.17) is 0 Å². The molecule has 0 saturated heterocycles. The van der Waals surface area contributed by atoms with Crippen molar-refractivity contribution in [2.45, 2.75) is 0 Å². The Morgan fingerprint density at radius 2 is 0.533 bits per heavy atom. The Labute approximate surface area is 536 Å². The predicted octanol–water partition coefficient (Wildman–Crippen LogP) is 25.7. The Kier molecular flexibility index (Phi) is 11.9. The Morgan fingerprint density at radius 3 is 1.08 bits per heavy atom. The molecule has 2 aromatic heterocycles. The molecule has 0 radical (unpaired) electrons. The van der Waals surface area contributed by atoms with Gasteiger partial charge in [0.2, 0.25) is 0 Å². The van der Waals surface area contributed by atoms with E-state index in [9.17, 15) is 0 Å². The van der Waals surface area contributed by atoms with Gasteiger partial charge in [-0.25, -0.2) is 0 Å². The first kappa shape index (κ1) is 52.3. The number of rotatable bonds is 8. The molecule has 2 heterocycles. The maximum absolute atomic E-state index is 2.46. The van der Waals surface area contributed by atoms with Crippen LogP contribution in [0.1, 0.15) is 0 Å². The standard InChI is InChI=1S/C90H55NS/c1-2-19-56(20-3-1)58-21-16-23-63(51-58)66-35-18-36-82-88-81(50-49-67(90(88)92-89(66)82)64-24-17-22-59(52-64)61-41-46-76-72-29-6-4-25-68(72)70-27-8-10-31-74(70)84(76)54-61)78-48-43-60(62-42-47-77-73-30-7-5-26-69(73)71-28-9-11-32-75(71)85(77)55-62)53-83(78)57-39-44-65(45-40-57)91-86-37-14-12-33-79(86)80-34-13-15-38-87(80)91/h1-55H. The Morgan fingerprint density at radius 1 is 0.174 bits per heavy atom. The first-order valence-electron chi connectivity index (χ1n) is 31.8. The van der Waals surface area contributed by atoms with Gasteiger partial charge in [-0.2, -0.15) is 0 Å². The fraction of sp³-hybridized carbons (Fsp3) is 0. The molecule has 0 aliphatic carbocycles. The summed E-state index contributed by atoms with van der Waals surface area (Å²) in [5, 5.41) is 20.3. The number of para-hydroxylation sites is 2. The second-order valence-corrected chi connectivity index (χ2v) is 25.6. The second kappa shape index (κ2) is 21.0. The van der Waals surface area contributed by atoms with E-state index in [1.807, 2.05) is 11.3 Å². The van der Waals surface area contributed by atoms with E-state index in [0.717, 1.165) is 11.3 Å². The fourth-order valence-corrected chi connectivity index (χ4v) is 16.7. The summed E-state index contributed by atoms with van der Waals surface area (Å²) in [5.41, 5.74) is 20.3. The lowest BCUT2D eigenvalue weighted by molar-refractivity contribution is 1.18. The summed E-state index contributed by atoms with van der Waals surface area (Å²) in [6.07, 6.45) is 0. The third-order valence-electron chi connectivity index (χ3n) is 19.6. The van der Waals surface area contributed by atoms with Crippen LogP contribution in [-0.4, -0.2) is 4.57 Å². The zero-order chi connectivity index (χ0) is 60.4. The van der Waals surface area contributed by atoms with Gasteiger partial charge in [-0.1, -0.05) is 279 Å². The minimum atomic E-state index is 1.13. The van der Waals surface area contributed by atoms with Gasteiger partial charge in [-0.3, -0.25) is 0 Å². The average molecular weight is 1180 g/mol. The fourth-order valence-electron chi connectivity index (χ4n) is 15.3. The van der Waals surface area contributed by atoms with Crippen molar-refractivity contribution < 1.29 is 0 Å². The highest BCUT2D eigenvalue weighted by molar-refractivity contribution is 7.27. The predicted molar refractivity (Wildman–Crippen MR) is 397 cm³/mol. The lowest BCUT2D eigenvalue weighted by atomic mass is 9.87. The highest BCUT2D eigenvalue weighted by Gasteiger charge is 2.23. The molecule has 17 aromatic carbocycles. The van der Waals surface area contributed by atoms with Crippen LogP contribution in [0.2, 0.25) is 0 Å². The Bertz CT molecular complexity index is 6120. The van der Waals surface area contributed by atoms with Gasteiger partial charge in [-0.15, -0.1) is 11.3 Å². The molecule has 19 rings (SSSR count). The number of benzene rings is 17. The van der Waals surface area contributed by atoms with Crippen LogP contribution in [0, 0.1) is 0 Å². The second-order valence-electron chi connectivity index (χ2n) is 24.6. The van der Waals surface area contributed by atoms with Crippen LogP contribution >= 0.6 is 11.3 Å². The maximum Gasteiger partial charge on any atom is 0.0541 e. The molecule has 0 N–H and O–H groups in total. The smallest absolute Gasteiger partial charge is 0.0541 e. The van der Waals surface area contributed by atoms with Gasteiger partial charge < -0.3 is 4.57 Å². The van der Waals surface area contributed by atoms with Crippen molar-refractivity contribution in [3.05, 3.63) is 334 Å². The SMILES string of the molecule is c1ccc(-c2cccc(-c3cccc4c3sc3c(-c5cccc(-c6ccc7c8ccccc8c8ccccc8c7c6)c5)ccc(-c5ccc(-c6ccc7c8ccccc8c8ccccc8c7c6)cc5-c5ccc(-n6c7ccccc7c7ccccc76)cc5)c34)c2)cc1. The van der Waals surface area contributed by atoms with Crippen molar-refractivity contribution in [3.63, 3.8) is 0 Å². The highest BCUT2D eigenvalue weighted by Crippen LogP contribution is 2.51. The van der Waals surface area contributed by atoms with Crippen molar-refractivity contribution in [1.82, 2.24) is 4.57 Å². The van der Waals surface area contributed by atoms with Crippen molar-refractivity contribution in [3.8, 4) is 83.6 Å². The van der Waals surface area contributed by atoms with Crippen molar-refractivity contribution in [1.29, 1.82) is 0 Å². The molecule has 0 bridgehead atoms. The summed E-state index contributed by atoms with van der Waals surface area (Å²) in [7, 11) is 0. The number of nitrogens with zero attached hydrogens (tertiary/aromatic N) is 1. The molecule has 0 aliphatic heterocycles. The molecule has 426 valence electrons. The third-order valence-corrected chi connectivity index (χ3v) is 20.9. The van der Waals surface area contributed by atoms with E-state index in [2.05, 4.69) is 338 Å². The highest BCUT2D eigenvalue weighted by atomic mass is 32.1. The molecule has 2 heteroatoms. The molecule has 0 atom stereocenters. The van der Waals surface area contributed by atoms with E-state index in [0.29, 0.717) is 0 Å². The number of hydrogen-bond acceptors (Lipinski definition) is 1. The van der Waals surface area contributed by atoms with E-state index in [1.54, 1.807) is 0 Å². The van der Waals surface area contributed by atoms with Crippen molar-refractivity contribution in [2.75, 3.05) is 0 Å². The summed E-state index contributed by atoms with van der Waals surface area (Å²) in [5.74, 6) is 0. The van der Waals surface area contributed by atoms with Crippen LogP contribution in [-0.2, 0) is 0 Å². The largest absolute Gasteiger partial charge is 0.309 e. The quantitative estimate of drug-likeness (QED) is 0.134. The number of aromatic nitrogens is 1. The molecule has 1 nitrogen and oxygen atoms in total. The third kappa shape index (κ3) is 8.24. The summed E-state index contributed by atoms with van der Waals surface area (Å²) < 4.78 is 4.96. The summed E-state index contributed by atoms with van der Waals surface area (Å²) in [6, 6.07) is 125. The summed E-state index contributed by atoms with van der Waals surface area (Å²) in [6.45, 7) is 0. The normalized spacial score (nSPS) is 11.9. The minimum absolute atomic E-state index is 1.13. The maximum atomic E-state index is 2.46. The Balaban J connectivity index is 0.832. The molecule has 0 fully saturated rings. The van der Waals surface area contributed by atoms with Gasteiger partial charge in [0, 0.05) is 36.6 Å². The molecule has 0 spiro atoms. The number of hydrogen-bond donors (Lipinski definition) is 0. The molecular weight excluding hydrogens is 1130 g/mol. The van der Waals surface area contributed by atoms with Crippen LogP contribution in [0.3, 0.4) is 0 Å². The Hall–Kier alpha value is -11.7. The zero-order valence-electron chi connectivity index (χ0n) is 50.1. The van der Waals surface area contributed by atoms with Gasteiger partial charge >= 0.3 is 0 Å². The molecule has 19 aromatic rings. The van der Waals surface area contributed by atoms with Crippen LogP contribution in [0.4, 0.5) is 0 Å². The van der Waals surface area contributed by atoms with Crippen LogP contribution in [0.15, 0.2) is 334 Å². The topological polar surface area (TPSA) is 4.93 Å². The minimum Gasteiger partial charge on any atom is -0.309 e. The van der Waals surface area contributed by atoms with Gasteiger partial charge in [0.1, 0.15) is 0 Å². The van der Waals surface area contributed by atoms with E-state index >= 15 is 0 Å². The lowest BCUT2D eigenvalue weighted by Crippen LogP contribution is -1.94. The number of fused-ring (bicyclic) bond motifs is 18. The summed E-state index contributed by atoms with van der Waals surface area (Å²) >= 11 is 1.92. The van der Waals surface area contributed by atoms with E-state index in [1.165, 1.54) is 179 Å². The average Bonchev–Trinajstić information content (AvgIpc) is 1.34.